The van der Waals surface area contributed by atoms with Crippen LogP contribution in [0.15, 0.2) is 54.6 Å². The van der Waals surface area contributed by atoms with Crippen LogP contribution in [0.2, 0.25) is 5.15 Å². The minimum atomic E-state index is -0.365. The maximum Gasteiger partial charge on any atom is 0.267 e. The Morgan fingerprint density at radius 1 is 1.21 bits per heavy atom. The molecule has 0 spiro atoms. The highest BCUT2D eigenvalue weighted by molar-refractivity contribution is 6.31. The number of aromatic amines is 1. The second kappa shape index (κ2) is 11.1. The van der Waals surface area contributed by atoms with Crippen molar-refractivity contribution in [2.75, 3.05) is 13.7 Å². The summed E-state index contributed by atoms with van der Waals surface area (Å²) in [4.78, 5) is 25.0. The number of methoxy groups -OCH3 is 1. The van der Waals surface area contributed by atoms with E-state index in [4.69, 9.17) is 25.9 Å². The highest BCUT2D eigenvalue weighted by Crippen LogP contribution is 2.28. The molecule has 1 aliphatic rings. The van der Waals surface area contributed by atoms with E-state index in [1.807, 2.05) is 48.5 Å². The van der Waals surface area contributed by atoms with Crippen molar-refractivity contribution >= 4 is 23.6 Å². The molecule has 33 heavy (non-hydrogen) atoms. The molecule has 1 saturated heterocycles. The summed E-state index contributed by atoms with van der Waals surface area (Å²) in [6.45, 7) is 0.662. The van der Waals surface area contributed by atoms with Gasteiger partial charge in [0.25, 0.3) is 5.91 Å². The third-order valence-corrected chi connectivity index (χ3v) is 5.55. The second-order valence-electron chi connectivity index (χ2n) is 7.71. The molecule has 1 unspecified atom stereocenters. The number of aromatic nitrogens is 2. The van der Waals surface area contributed by atoms with E-state index in [1.54, 1.807) is 13.2 Å². The first-order valence-corrected chi connectivity index (χ1v) is 11.2. The zero-order valence-corrected chi connectivity index (χ0v) is 19.1. The van der Waals surface area contributed by atoms with E-state index in [0.29, 0.717) is 23.9 Å². The van der Waals surface area contributed by atoms with Gasteiger partial charge in [-0.25, -0.2) is 15.3 Å². The van der Waals surface area contributed by atoms with Crippen LogP contribution < -0.4 is 10.2 Å². The monoisotopic (exact) mass is 467 g/mol. The molecule has 1 amide bonds. The van der Waals surface area contributed by atoms with Gasteiger partial charge in [-0.2, -0.15) is 0 Å². The Kier molecular flexibility index (Phi) is 7.78. The first-order chi connectivity index (χ1) is 16.1. The summed E-state index contributed by atoms with van der Waals surface area (Å²) in [5.41, 5.74) is 6.01. The Morgan fingerprint density at radius 2 is 2.00 bits per heavy atom. The number of halogens is 1. The number of imidazole rings is 1. The molecule has 2 aromatic carbocycles. The van der Waals surface area contributed by atoms with E-state index in [0.717, 1.165) is 47.5 Å². The molecule has 2 N–H and O–H groups in total. The van der Waals surface area contributed by atoms with Crippen molar-refractivity contribution in [2.24, 2.45) is 0 Å². The molecule has 0 bridgehead atoms. The lowest BCUT2D eigenvalue weighted by atomic mass is 10.1. The van der Waals surface area contributed by atoms with E-state index in [1.165, 1.54) is 6.08 Å². The van der Waals surface area contributed by atoms with Crippen molar-refractivity contribution in [1.29, 1.82) is 0 Å². The van der Waals surface area contributed by atoms with E-state index in [-0.39, 0.29) is 12.2 Å². The molecule has 1 aliphatic heterocycles. The first kappa shape index (κ1) is 23.0. The molecule has 0 saturated carbocycles. The Labute approximate surface area is 197 Å². The standard InChI is InChI=1S/C25H26ClN3O4/c1-31-20-12-10-19(11-13-20)24-25(26)28-21(27-24)16-18-7-5-17(6-8-18)9-14-22(30)29-33-23-4-2-3-15-32-23/h5-14,23H,2-4,15-16H2,1H3,(H,27,28)(H,29,30)/b14-9+. The quantitative estimate of drug-likeness (QED) is 0.363. The summed E-state index contributed by atoms with van der Waals surface area (Å²) in [6, 6.07) is 15.5. The summed E-state index contributed by atoms with van der Waals surface area (Å²) < 4.78 is 10.6. The molecule has 1 aromatic heterocycles. The fourth-order valence-electron chi connectivity index (χ4n) is 3.50. The minimum absolute atomic E-state index is 0.329. The largest absolute Gasteiger partial charge is 0.497 e. The molecule has 1 fully saturated rings. The number of hydrogen-bond donors (Lipinski definition) is 2. The summed E-state index contributed by atoms with van der Waals surface area (Å²) in [5, 5.41) is 0.501. The van der Waals surface area contributed by atoms with Gasteiger partial charge in [-0.05, 0) is 54.3 Å². The molecule has 7 nitrogen and oxygen atoms in total. The van der Waals surface area contributed by atoms with E-state index < -0.39 is 0 Å². The number of carbonyl (C=O) groups is 1. The molecular weight excluding hydrogens is 442 g/mol. The number of hydroxylamine groups is 1. The predicted octanol–water partition coefficient (Wildman–Crippen LogP) is 4.92. The van der Waals surface area contributed by atoms with Gasteiger partial charge in [-0.15, -0.1) is 0 Å². The van der Waals surface area contributed by atoms with Crippen LogP contribution in [0.25, 0.3) is 17.3 Å². The van der Waals surface area contributed by atoms with Crippen LogP contribution in [0, 0.1) is 0 Å². The SMILES string of the molecule is COc1ccc(-c2nc(Cc3ccc(/C=C/C(=O)NOC4CCCCO4)cc3)[nH]c2Cl)cc1. The average molecular weight is 468 g/mol. The zero-order valence-electron chi connectivity index (χ0n) is 18.3. The minimum Gasteiger partial charge on any atom is -0.497 e. The van der Waals surface area contributed by atoms with Gasteiger partial charge in [-0.1, -0.05) is 35.9 Å². The molecule has 0 radical (unpaired) electrons. The van der Waals surface area contributed by atoms with Crippen LogP contribution in [0.3, 0.4) is 0 Å². The molecule has 0 aliphatic carbocycles. The van der Waals surface area contributed by atoms with Crippen molar-refractivity contribution in [3.63, 3.8) is 0 Å². The van der Waals surface area contributed by atoms with Gasteiger partial charge in [0, 0.05) is 31.1 Å². The second-order valence-corrected chi connectivity index (χ2v) is 8.08. The van der Waals surface area contributed by atoms with E-state index in [2.05, 4.69) is 15.4 Å². The highest BCUT2D eigenvalue weighted by atomic mass is 35.5. The van der Waals surface area contributed by atoms with Gasteiger partial charge < -0.3 is 14.5 Å². The van der Waals surface area contributed by atoms with Crippen molar-refractivity contribution in [1.82, 2.24) is 15.4 Å². The number of nitrogens with zero attached hydrogens (tertiary/aromatic N) is 1. The van der Waals surface area contributed by atoms with Crippen molar-refractivity contribution in [2.45, 2.75) is 32.0 Å². The molecule has 1 atom stereocenters. The van der Waals surface area contributed by atoms with Crippen LogP contribution in [-0.4, -0.2) is 35.9 Å². The Bertz CT molecular complexity index is 1090. The number of H-pyrrole nitrogens is 1. The molecule has 3 aromatic rings. The van der Waals surface area contributed by atoms with Gasteiger partial charge >= 0.3 is 0 Å². The van der Waals surface area contributed by atoms with Gasteiger partial charge in [-0.3, -0.25) is 4.79 Å². The van der Waals surface area contributed by atoms with Gasteiger partial charge in [0.05, 0.1) is 7.11 Å². The summed E-state index contributed by atoms with van der Waals surface area (Å²) in [6.07, 6.45) is 6.26. The summed E-state index contributed by atoms with van der Waals surface area (Å²) in [5.74, 6) is 1.23. The number of nitrogens with one attached hydrogen (secondary N) is 2. The zero-order chi connectivity index (χ0) is 23.0. The molecule has 4 rings (SSSR count). The maximum atomic E-state index is 11.9. The maximum absolute atomic E-state index is 11.9. The highest BCUT2D eigenvalue weighted by Gasteiger charge is 2.15. The Balaban J connectivity index is 1.32. The number of carbonyl (C=O) groups excluding carboxylic acids is 1. The Hall–Kier alpha value is -3.13. The number of amides is 1. The molecular formula is C25H26ClN3O4. The van der Waals surface area contributed by atoms with E-state index in [9.17, 15) is 4.79 Å². The van der Waals surface area contributed by atoms with Crippen LogP contribution >= 0.6 is 11.6 Å². The van der Waals surface area contributed by atoms with Crippen LogP contribution in [0.5, 0.6) is 5.75 Å². The number of benzene rings is 2. The molecule has 2 heterocycles. The smallest absolute Gasteiger partial charge is 0.267 e. The fourth-order valence-corrected chi connectivity index (χ4v) is 3.76. The molecule has 8 heteroatoms. The van der Waals surface area contributed by atoms with E-state index >= 15 is 0 Å². The topological polar surface area (TPSA) is 85.5 Å². The van der Waals surface area contributed by atoms with Gasteiger partial charge in [0.2, 0.25) is 0 Å². The van der Waals surface area contributed by atoms with Gasteiger partial charge in [0.15, 0.2) is 6.29 Å². The lowest BCUT2D eigenvalue weighted by Gasteiger charge is -2.21. The van der Waals surface area contributed by atoms with Crippen molar-refractivity contribution < 1.29 is 19.1 Å². The lowest BCUT2D eigenvalue weighted by Crippen LogP contribution is -2.32. The molecule has 172 valence electrons. The normalized spacial score (nSPS) is 16.1. The van der Waals surface area contributed by atoms with Crippen LogP contribution in [0.4, 0.5) is 0 Å². The van der Waals surface area contributed by atoms with Crippen molar-refractivity contribution in [3.8, 4) is 17.0 Å². The Morgan fingerprint density at radius 3 is 2.70 bits per heavy atom. The van der Waals surface area contributed by atoms with Crippen LogP contribution in [-0.2, 0) is 20.8 Å². The third-order valence-electron chi connectivity index (χ3n) is 5.28. The average Bonchev–Trinajstić information content (AvgIpc) is 3.22. The lowest BCUT2D eigenvalue weighted by molar-refractivity contribution is -0.198. The predicted molar refractivity (Wildman–Crippen MR) is 127 cm³/mol. The fraction of sp³-hybridized carbons (Fsp3) is 0.280. The number of hydrogen-bond acceptors (Lipinski definition) is 5. The van der Waals surface area contributed by atoms with Crippen molar-refractivity contribution in [3.05, 3.63) is 76.7 Å². The first-order valence-electron chi connectivity index (χ1n) is 10.8. The van der Waals surface area contributed by atoms with Gasteiger partial charge in [0.1, 0.15) is 22.4 Å². The third kappa shape index (κ3) is 6.44. The number of ether oxygens (including phenoxy) is 2. The summed E-state index contributed by atoms with van der Waals surface area (Å²) >= 11 is 6.38. The number of rotatable bonds is 8. The summed E-state index contributed by atoms with van der Waals surface area (Å²) in [7, 11) is 1.63. The van der Waals surface area contributed by atoms with Crippen LogP contribution in [0.1, 0.15) is 36.2 Å².